The minimum absolute atomic E-state index is 0.0212. The molecular formula is C11H17N3O2. The number of nitrogens with zero attached hydrogens (tertiary/aromatic N) is 1. The molecule has 16 heavy (non-hydrogen) atoms. The number of rotatable bonds is 3. The summed E-state index contributed by atoms with van der Waals surface area (Å²) in [5.41, 5.74) is 1.19. The second-order valence-electron chi connectivity index (χ2n) is 4.14. The molecule has 1 unspecified atom stereocenters. The number of aryl methyl sites for hydroxylation is 1. The van der Waals surface area contributed by atoms with Crippen molar-refractivity contribution in [3.8, 4) is 0 Å². The zero-order valence-corrected chi connectivity index (χ0v) is 9.42. The Bertz CT molecular complexity index is 422. The molecule has 0 spiro atoms. The second kappa shape index (κ2) is 4.76. The number of aromatic amines is 1. The normalized spacial score (nSPS) is 20.2. The number of aliphatic hydroxyl groups is 1. The molecule has 3 N–H and O–H groups in total. The van der Waals surface area contributed by atoms with Gasteiger partial charge in [-0.1, -0.05) is 0 Å². The van der Waals surface area contributed by atoms with Gasteiger partial charge in [-0.15, -0.1) is 0 Å². The summed E-state index contributed by atoms with van der Waals surface area (Å²) in [6.45, 7) is 2.77. The number of hydrogen-bond donors (Lipinski definition) is 3. The first-order valence-electron chi connectivity index (χ1n) is 5.66. The van der Waals surface area contributed by atoms with Gasteiger partial charge in [-0.25, -0.2) is 4.98 Å². The van der Waals surface area contributed by atoms with Crippen LogP contribution in [0.4, 0.5) is 0 Å². The van der Waals surface area contributed by atoms with E-state index < -0.39 is 0 Å². The minimum Gasteiger partial charge on any atom is -0.396 e. The van der Waals surface area contributed by atoms with Crippen molar-refractivity contribution in [1.82, 2.24) is 15.3 Å². The number of hydrogen-bond acceptors (Lipinski definition) is 4. The molecule has 5 nitrogen and oxygen atoms in total. The lowest BCUT2D eigenvalue weighted by Gasteiger charge is -2.11. The first kappa shape index (κ1) is 11.3. The van der Waals surface area contributed by atoms with Crippen molar-refractivity contribution in [2.75, 3.05) is 13.2 Å². The van der Waals surface area contributed by atoms with Crippen LogP contribution in [0.3, 0.4) is 0 Å². The fourth-order valence-corrected chi connectivity index (χ4v) is 2.12. The number of aromatic nitrogens is 2. The molecule has 0 amide bonds. The van der Waals surface area contributed by atoms with Crippen LogP contribution in [-0.4, -0.2) is 28.2 Å². The molecule has 0 radical (unpaired) electrons. The van der Waals surface area contributed by atoms with Gasteiger partial charge in [0.05, 0.1) is 6.04 Å². The van der Waals surface area contributed by atoms with Gasteiger partial charge >= 0.3 is 0 Å². The number of H-pyrrole nitrogens is 1. The van der Waals surface area contributed by atoms with Crippen molar-refractivity contribution >= 4 is 0 Å². The average Bonchev–Trinajstić information content (AvgIpc) is 2.76. The first-order valence-corrected chi connectivity index (χ1v) is 5.66. The highest BCUT2D eigenvalue weighted by Crippen LogP contribution is 2.19. The molecule has 2 heterocycles. The van der Waals surface area contributed by atoms with E-state index >= 15 is 0 Å². The Hall–Kier alpha value is -1.20. The van der Waals surface area contributed by atoms with Crippen LogP contribution >= 0.6 is 0 Å². The van der Waals surface area contributed by atoms with E-state index in [9.17, 15) is 4.79 Å². The Kier molecular flexibility index (Phi) is 3.36. The lowest BCUT2D eigenvalue weighted by atomic mass is 10.1. The maximum absolute atomic E-state index is 11.8. The van der Waals surface area contributed by atoms with Crippen LogP contribution in [0.1, 0.15) is 36.0 Å². The second-order valence-corrected chi connectivity index (χ2v) is 4.14. The van der Waals surface area contributed by atoms with Gasteiger partial charge in [0.25, 0.3) is 5.56 Å². The summed E-state index contributed by atoms with van der Waals surface area (Å²) in [6, 6.07) is 0.176. The van der Waals surface area contributed by atoms with Gasteiger partial charge in [-0.2, -0.15) is 0 Å². The van der Waals surface area contributed by atoms with Crippen molar-refractivity contribution < 1.29 is 5.11 Å². The van der Waals surface area contributed by atoms with E-state index in [4.69, 9.17) is 5.11 Å². The SMILES string of the molecule is Cc1nc(C2CCCN2)[nH]c(=O)c1CCO. The first-order chi connectivity index (χ1) is 7.72. The quantitative estimate of drug-likeness (QED) is 0.676. The molecule has 1 aromatic rings. The summed E-state index contributed by atoms with van der Waals surface area (Å²) in [7, 11) is 0. The monoisotopic (exact) mass is 223 g/mol. The molecule has 0 saturated carbocycles. The van der Waals surface area contributed by atoms with Gasteiger partial charge in [0.1, 0.15) is 5.82 Å². The molecule has 5 heteroatoms. The van der Waals surface area contributed by atoms with Gasteiger partial charge in [0.2, 0.25) is 0 Å². The molecule has 1 aromatic heterocycles. The van der Waals surface area contributed by atoms with Gasteiger partial charge in [0.15, 0.2) is 0 Å². The fraction of sp³-hybridized carbons (Fsp3) is 0.636. The summed E-state index contributed by atoms with van der Waals surface area (Å²) in [5, 5.41) is 12.2. The Morgan fingerprint density at radius 2 is 2.38 bits per heavy atom. The Morgan fingerprint density at radius 3 is 2.94 bits per heavy atom. The van der Waals surface area contributed by atoms with Crippen molar-refractivity contribution in [1.29, 1.82) is 0 Å². The molecule has 0 aliphatic carbocycles. The molecule has 1 aliphatic rings. The van der Waals surface area contributed by atoms with Crippen LogP contribution in [0.25, 0.3) is 0 Å². The minimum atomic E-state index is -0.120. The molecule has 1 aliphatic heterocycles. The highest BCUT2D eigenvalue weighted by molar-refractivity contribution is 5.18. The molecule has 88 valence electrons. The highest BCUT2D eigenvalue weighted by atomic mass is 16.3. The van der Waals surface area contributed by atoms with Gasteiger partial charge < -0.3 is 15.4 Å². The van der Waals surface area contributed by atoms with Crippen molar-refractivity contribution in [3.63, 3.8) is 0 Å². The van der Waals surface area contributed by atoms with Crippen LogP contribution in [0.15, 0.2) is 4.79 Å². The maximum Gasteiger partial charge on any atom is 0.254 e. The standard InChI is InChI=1S/C11H17N3O2/c1-7-8(4-6-15)11(16)14-10(13-7)9-3-2-5-12-9/h9,12,15H,2-6H2,1H3,(H,13,14,16). The van der Waals surface area contributed by atoms with E-state index in [1.165, 1.54) is 0 Å². The third-order valence-electron chi connectivity index (χ3n) is 2.99. The average molecular weight is 223 g/mol. The topological polar surface area (TPSA) is 78.0 Å². The highest BCUT2D eigenvalue weighted by Gasteiger charge is 2.19. The zero-order valence-electron chi connectivity index (χ0n) is 9.42. The summed E-state index contributed by atoms with van der Waals surface area (Å²) >= 11 is 0. The summed E-state index contributed by atoms with van der Waals surface area (Å²) < 4.78 is 0. The molecule has 0 aromatic carbocycles. The van der Waals surface area contributed by atoms with E-state index in [0.717, 1.165) is 30.9 Å². The molecule has 0 bridgehead atoms. The van der Waals surface area contributed by atoms with Crippen LogP contribution in [-0.2, 0) is 6.42 Å². The van der Waals surface area contributed by atoms with Gasteiger partial charge in [0, 0.05) is 24.3 Å². The van der Waals surface area contributed by atoms with Gasteiger partial charge in [-0.3, -0.25) is 4.79 Å². The number of nitrogens with one attached hydrogen (secondary N) is 2. The summed E-state index contributed by atoms with van der Waals surface area (Å²) in [4.78, 5) is 19.0. The van der Waals surface area contributed by atoms with Crippen LogP contribution < -0.4 is 10.9 Å². The molecule has 1 atom stereocenters. The van der Waals surface area contributed by atoms with Crippen LogP contribution in [0, 0.1) is 6.92 Å². The Balaban J connectivity index is 2.32. The fourth-order valence-electron chi connectivity index (χ4n) is 2.12. The third kappa shape index (κ3) is 2.15. The van der Waals surface area contributed by atoms with E-state index in [1.54, 1.807) is 0 Å². The van der Waals surface area contributed by atoms with Crippen molar-refractivity contribution in [2.45, 2.75) is 32.2 Å². The van der Waals surface area contributed by atoms with Crippen LogP contribution in [0.2, 0.25) is 0 Å². The molecule has 2 rings (SSSR count). The lowest BCUT2D eigenvalue weighted by molar-refractivity contribution is 0.298. The maximum atomic E-state index is 11.8. The summed E-state index contributed by atoms with van der Waals surface area (Å²) in [6.07, 6.45) is 2.50. The van der Waals surface area contributed by atoms with Crippen molar-refractivity contribution in [3.05, 3.63) is 27.4 Å². The number of aliphatic hydroxyl groups excluding tert-OH is 1. The molecule has 1 saturated heterocycles. The molecular weight excluding hydrogens is 206 g/mol. The van der Waals surface area contributed by atoms with E-state index in [0.29, 0.717) is 12.0 Å². The predicted octanol–water partition coefficient (Wildman–Crippen LogP) is 0.0376. The smallest absolute Gasteiger partial charge is 0.254 e. The van der Waals surface area contributed by atoms with E-state index in [1.807, 2.05) is 6.92 Å². The third-order valence-corrected chi connectivity index (χ3v) is 2.99. The lowest BCUT2D eigenvalue weighted by Crippen LogP contribution is -2.24. The van der Waals surface area contributed by atoms with Crippen molar-refractivity contribution in [2.24, 2.45) is 0 Å². The predicted molar refractivity (Wildman–Crippen MR) is 60.4 cm³/mol. The van der Waals surface area contributed by atoms with E-state index in [-0.39, 0.29) is 18.2 Å². The summed E-state index contributed by atoms with van der Waals surface area (Å²) in [5.74, 6) is 0.724. The zero-order chi connectivity index (χ0) is 11.5. The van der Waals surface area contributed by atoms with Crippen LogP contribution in [0.5, 0.6) is 0 Å². The Morgan fingerprint density at radius 1 is 1.56 bits per heavy atom. The van der Waals surface area contributed by atoms with E-state index in [2.05, 4.69) is 15.3 Å². The Labute approximate surface area is 93.9 Å². The molecule has 1 fully saturated rings. The van der Waals surface area contributed by atoms with Gasteiger partial charge in [-0.05, 0) is 26.3 Å². The largest absolute Gasteiger partial charge is 0.396 e.